The summed E-state index contributed by atoms with van der Waals surface area (Å²) >= 11 is 0. The Balaban J connectivity index is 1.74. The van der Waals surface area contributed by atoms with Gasteiger partial charge in [0, 0.05) is 0 Å². The average Bonchev–Trinajstić information content (AvgIpc) is 3.02. The van der Waals surface area contributed by atoms with Crippen LogP contribution in [0.1, 0.15) is 29.6 Å². The summed E-state index contributed by atoms with van der Waals surface area (Å²) in [7, 11) is 1.64. The molecule has 1 aliphatic rings. The van der Waals surface area contributed by atoms with Crippen LogP contribution in [0.15, 0.2) is 48.5 Å². The van der Waals surface area contributed by atoms with Gasteiger partial charge in [0.05, 0.1) is 19.2 Å². The quantitative estimate of drug-likeness (QED) is 0.766. The summed E-state index contributed by atoms with van der Waals surface area (Å²) in [5.41, 5.74) is 7.83. The molecule has 0 saturated heterocycles. The zero-order valence-electron chi connectivity index (χ0n) is 13.7. The van der Waals surface area contributed by atoms with Crippen LogP contribution in [0.2, 0.25) is 0 Å². The van der Waals surface area contributed by atoms with E-state index in [9.17, 15) is 4.39 Å². The van der Waals surface area contributed by atoms with Crippen molar-refractivity contribution in [3.8, 4) is 5.75 Å². The number of hydrogen-bond acceptors (Lipinski definition) is 5. The average molecular weight is 339 g/mol. The molecule has 0 fully saturated rings. The van der Waals surface area contributed by atoms with Crippen molar-refractivity contribution in [3.63, 3.8) is 0 Å². The Morgan fingerprint density at radius 1 is 1.20 bits per heavy atom. The predicted molar refractivity (Wildman–Crippen MR) is 92.9 cm³/mol. The maximum absolute atomic E-state index is 13.3. The standard InChI is InChI=1S/C18H18FN5O/c1-25-14-4-2-3-12(9-14)15-10-16(11-5-7-13(19)8-6-11)24-18(21-15)22-17(20)23-24/h2-9,15-16H,10H2,1H3,(H3,20,21,22,23)/t15-,16-/m0/s1. The molecule has 7 heteroatoms. The zero-order valence-corrected chi connectivity index (χ0v) is 13.7. The first-order chi connectivity index (χ1) is 12.1. The molecule has 6 nitrogen and oxygen atoms in total. The molecule has 0 bridgehead atoms. The number of ether oxygens (including phenoxy) is 1. The van der Waals surface area contributed by atoms with E-state index in [1.165, 1.54) is 12.1 Å². The second-order valence-corrected chi connectivity index (χ2v) is 6.01. The van der Waals surface area contributed by atoms with Gasteiger partial charge in [-0.1, -0.05) is 24.3 Å². The fourth-order valence-corrected chi connectivity index (χ4v) is 3.23. The minimum atomic E-state index is -0.264. The number of halogens is 1. The monoisotopic (exact) mass is 339 g/mol. The van der Waals surface area contributed by atoms with Gasteiger partial charge in [-0.05, 0) is 41.8 Å². The fourth-order valence-electron chi connectivity index (χ4n) is 3.23. The summed E-state index contributed by atoms with van der Waals surface area (Å²) in [6, 6.07) is 14.3. The third kappa shape index (κ3) is 2.88. The predicted octanol–water partition coefficient (Wildman–Crippen LogP) is 3.15. The SMILES string of the molecule is COc1cccc([C@@H]2C[C@@H](c3ccc(F)cc3)n3nc(N)nc3N2)c1. The first kappa shape index (κ1) is 15.4. The van der Waals surface area contributed by atoms with E-state index in [0.717, 1.165) is 23.3 Å². The van der Waals surface area contributed by atoms with Crippen molar-refractivity contribution in [2.24, 2.45) is 0 Å². The Labute approximate surface area is 144 Å². The molecule has 128 valence electrons. The number of nitrogens with zero attached hydrogens (tertiary/aromatic N) is 3. The summed E-state index contributed by atoms with van der Waals surface area (Å²) in [5.74, 6) is 1.34. The fraction of sp³-hybridized carbons (Fsp3) is 0.222. The molecule has 2 heterocycles. The van der Waals surface area contributed by atoms with Gasteiger partial charge >= 0.3 is 0 Å². The van der Waals surface area contributed by atoms with E-state index >= 15 is 0 Å². The largest absolute Gasteiger partial charge is 0.497 e. The Bertz CT molecular complexity index is 893. The summed E-state index contributed by atoms with van der Waals surface area (Å²) in [5, 5.41) is 7.67. The number of rotatable bonds is 3. The van der Waals surface area contributed by atoms with E-state index in [1.807, 2.05) is 24.3 Å². The Morgan fingerprint density at radius 3 is 2.76 bits per heavy atom. The smallest absolute Gasteiger partial charge is 0.241 e. The Hall–Kier alpha value is -3.09. The molecule has 2 aromatic carbocycles. The van der Waals surface area contributed by atoms with E-state index in [-0.39, 0.29) is 23.8 Å². The van der Waals surface area contributed by atoms with Gasteiger partial charge in [0.1, 0.15) is 11.6 Å². The van der Waals surface area contributed by atoms with E-state index in [0.29, 0.717) is 5.95 Å². The zero-order chi connectivity index (χ0) is 17.4. The van der Waals surface area contributed by atoms with Gasteiger partial charge < -0.3 is 15.8 Å². The van der Waals surface area contributed by atoms with Gasteiger partial charge in [0.25, 0.3) is 0 Å². The number of methoxy groups -OCH3 is 1. The van der Waals surface area contributed by atoms with E-state index in [4.69, 9.17) is 10.5 Å². The molecular weight excluding hydrogens is 321 g/mol. The van der Waals surface area contributed by atoms with Crippen LogP contribution in [-0.2, 0) is 0 Å². The molecule has 25 heavy (non-hydrogen) atoms. The normalized spacial score (nSPS) is 19.1. The van der Waals surface area contributed by atoms with Crippen molar-refractivity contribution in [3.05, 3.63) is 65.5 Å². The summed E-state index contributed by atoms with van der Waals surface area (Å²) in [4.78, 5) is 4.28. The number of hydrogen-bond donors (Lipinski definition) is 2. The molecule has 0 amide bonds. The molecule has 1 aromatic heterocycles. The van der Waals surface area contributed by atoms with Crippen LogP contribution >= 0.6 is 0 Å². The van der Waals surface area contributed by atoms with Gasteiger partial charge in [-0.3, -0.25) is 0 Å². The first-order valence-electron chi connectivity index (χ1n) is 8.02. The molecule has 0 unspecified atom stereocenters. The third-order valence-corrected chi connectivity index (χ3v) is 4.46. The number of nitrogens with one attached hydrogen (secondary N) is 1. The van der Waals surface area contributed by atoms with Gasteiger partial charge in [-0.25, -0.2) is 9.07 Å². The van der Waals surface area contributed by atoms with Crippen molar-refractivity contribution in [1.29, 1.82) is 0 Å². The highest BCUT2D eigenvalue weighted by Crippen LogP contribution is 2.38. The second-order valence-electron chi connectivity index (χ2n) is 6.01. The van der Waals surface area contributed by atoms with Crippen molar-refractivity contribution in [2.45, 2.75) is 18.5 Å². The van der Waals surface area contributed by atoms with Crippen molar-refractivity contribution in [2.75, 3.05) is 18.2 Å². The molecule has 0 radical (unpaired) electrons. The lowest BCUT2D eigenvalue weighted by atomic mass is 9.93. The molecule has 3 aromatic rings. The number of fused-ring (bicyclic) bond motifs is 1. The highest BCUT2D eigenvalue weighted by atomic mass is 19.1. The third-order valence-electron chi connectivity index (χ3n) is 4.46. The number of aromatic nitrogens is 3. The lowest BCUT2D eigenvalue weighted by Gasteiger charge is -2.31. The first-order valence-corrected chi connectivity index (χ1v) is 8.02. The number of nitrogens with two attached hydrogens (primary N) is 1. The Kier molecular flexibility index (Phi) is 3.76. The van der Waals surface area contributed by atoms with Crippen LogP contribution in [0.5, 0.6) is 5.75 Å². The maximum Gasteiger partial charge on any atom is 0.241 e. The highest BCUT2D eigenvalue weighted by Gasteiger charge is 2.31. The number of benzene rings is 2. The topological polar surface area (TPSA) is 78.0 Å². The molecule has 0 spiro atoms. The summed E-state index contributed by atoms with van der Waals surface area (Å²) in [6.45, 7) is 0. The van der Waals surface area contributed by atoms with Crippen LogP contribution in [0.3, 0.4) is 0 Å². The van der Waals surface area contributed by atoms with Crippen LogP contribution < -0.4 is 15.8 Å². The van der Waals surface area contributed by atoms with Gasteiger partial charge in [0.15, 0.2) is 0 Å². The van der Waals surface area contributed by atoms with E-state index in [2.05, 4.69) is 15.4 Å². The minimum absolute atomic E-state index is 0.0150. The van der Waals surface area contributed by atoms with Crippen molar-refractivity contribution >= 4 is 11.9 Å². The van der Waals surface area contributed by atoms with E-state index in [1.54, 1.807) is 23.9 Å². The molecule has 2 atom stereocenters. The maximum atomic E-state index is 13.3. The molecular formula is C18H18FN5O. The highest BCUT2D eigenvalue weighted by molar-refractivity contribution is 5.43. The van der Waals surface area contributed by atoms with Gasteiger partial charge in [-0.15, -0.1) is 5.10 Å². The molecule has 0 saturated carbocycles. The minimum Gasteiger partial charge on any atom is -0.497 e. The van der Waals surface area contributed by atoms with Crippen molar-refractivity contribution in [1.82, 2.24) is 14.8 Å². The van der Waals surface area contributed by atoms with Crippen molar-refractivity contribution < 1.29 is 9.13 Å². The summed E-state index contributed by atoms with van der Waals surface area (Å²) < 4.78 is 20.4. The lowest BCUT2D eigenvalue weighted by molar-refractivity contribution is 0.410. The van der Waals surface area contributed by atoms with Gasteiger partial charge in [-0.2, -0.15) is 4.98 Å². The number of nitrogen functional groups attached to an aromatic ring is 1. The van der Waals surface area contributed by atoms with Crippen LogP contribution in [-0.4, -0.2) is 21.9 Å². The number of anilines is 2. The summed E-state index contributed by atoms with van der Waals surface area (Å²) in [6.07, 6.45) is 0.731. The lowest BCUT2D eigenvalue weighted by Crippen LogP contribution is -2.28. The van der Waals surface area contributed by atoms with Crippen LogP contribution in [0, 0.1) is 5.82 Å². The van der Waals surface area contributed by atoms with Crippen LogP contribution in [0.4, 0.5) is 16.3 Å². The molecule has 0 aliphatic carbocycles. The van der Waals surface area contributed by atoms with Crippen LogP contribution in [0.25, 0.3) is 0 Å². The second kappa shape index (κ2) is 6.08. The molecule has 3 N–H and O–H groups in total. The molecule has 1 aliphatic heterocycles. The van der Waals surface area contributed by atoms with E-state index < -0.39 is 0 Å². The van der Waals surface area contributed by atoms with Gasteiger partial charge in [0.2, 0.25) is 11.9 Å². The molecule has 4 rings (SSSR count). The Morgan fingerprint density at radius 2 is 2.00 bits per heavy atom.